The van der Waals surface area contributed by atoms with E-state index in [1.807, 2.05) is 29.2 Å². The molecule has 2 saturated heterocycles. The third-order valence-corrected chi connectivity index (χ3v) is 17.1. The fourth-order valence-electron chi connectivity index (χ4n) is 10.4. The first-order valence-corrected chi connectivity index (χ1v) is 25.1. The lowest BCUT2D eigenvalue weighted by Gasteiger charge is -2.32. The van der Waals surface area contributed by atoms with Crippen molar-refractivity contribution in [2.45, 2.75) is 151 Å². The van der Waals surface area contributed by atoms with Crippen molar-refractivity contribution in [1.82, 2.24) is 30.1 Å². The summed E-state index contributed by atoms with van der Waals surface area (Å²) in [6.07, 6.45) is 11.2. The number of pyridine rings is 1. The lowest BCUT2D eigenvalue weighted by atomic mass is 9.96. The zero-order valence-electron chi connectivity index (χ0n) is 36.8. The van der Waals surface area contributed by atoms with Crippen molar-refractivity contribution in [3.63, 3.8) is 0 Å². The van der Waals surface area contributed by atoms with E-state index in [9.17, 15) is 32.4 Å². The molecule has 4 aliphatic carbocycles. The molecule has 0 unspecified atom stereocenters. The zero-order valence-corrected chi connectivity index (χ0v) is 37.6. The number of alkyl carbamates (subject to hydrolysis) is 1. The van der Waals surface area contributed by atoms with E-state index >= 15 is 0 Å². The van der Waals surface area contributed by atoms with E-state index in [0.29, 0.717) is 75.2 Å². The summed E-state index contributed by atoms with van der Waals surface area (Å²) in [5.74, 6) is -1.22. The molecule has 7 aliphatic rings. The molecule has 4 heterocycles. The summed E-state index contributed by atoms with van der Waals surface area (Å²) in [5, 5.41) is 6.64. The van der Waals surface area contributed by atoms with Crippen LogP contribution in [0.25, 0.3) is 10.9 Å². The molecule has 1 aromatic carbocycles. The Labute approximate surface area is 375 Å². The number of nitrogens with one attached hydrogen (secondary N) is 3. The van der Waals surface area contributed by atoms with Gasteiger partial charge in [-0.1, -0.05) is 43.9 Å². The van der Waals surface area contributed by atoms with Gasteiger partial charge in [-0.3, -0.25) is 23.9 Å². The van der Waals surface area contributed by atoms with E-state index in [2.05, 4.69) is 21.9 Å². The van der Waals surface area contributed by atoms with Gasteiger partial charge in [-0.15, -0.1) is 6.58 Å². The van der Waals surface area contributed by atoms with Crippen LogP contribution in [0.2, 0.25) is 0 Å². The van der Waals surface area contributed by atoms with Crippen molar-refractivity contribution in [1.29, 1.82) is 0 Å². The fourth-order valence-corrected chi connectivity index (χ4v) is 11.7. The summed E-state index contributed by atoms with van der Waals surface area (Å²) < 4.78 is 47.0. The second kappa shape index (κ2) is 17.8. The van der Waals surface area contributed by atoms with E-state index < -0.39 is 68.2 Å². The predicted molar refractivity (Wildman–Crippen MR) is 236 cm³/mol. The number of carbonyl (C=O) groups is 5. The number of likely N-dealkylation sites (tertiary alicyclic amines) is 1. The van der Waals surface area contributed by atoms with Crippen LogP contribution in [0.5, 0.6) is 11.6 Å². The van der Waals surface area contributed by atoms with Crippen molar-refractivity contribution in [3.8, 4) is 11.6 Å². The molecule has 1 aromatic heterocycles. The third kappa shape index (κ3) is 9.02. The van der Waals surface area contributed by atoms with Crippen LogP contribution in [0.15, 0.2) is 36.9 Å². The maximum atomic E-state index is 15.0. The molecule has 6 fully saturated rings. The highest BCUT2D eigenvalue weighted by Crippen LogP contribution is 2.47. The topological polar surface area (TPSA) is 203 Å². The highest BCUT2D eigenvalue weighted by atomic mass is 32.2. The van der Waals surface area contributed by atoms with Gasteiger partial charge in [0.2, 0.25) is 33.6 Å². The van der Waals surface area contributed by atoms with E-state index in [1.165, 1.54) is 11.0 Å². The Kier molecular flexibility index (Phi) is 12.3. The van der Waals surface area contributed by atoms with Gasteiger partial charge >= 0.3 is 6.09 Å². The first-order chi connectivity index (χ1) is 30.8. The van der Waals surface area contributed by atoms with Gasteiger partial charge in [-0.2, -0.15) is 0 Å². The van der Waals surface area contributed by atoms with Gasteiger partial charge in [0.1, 0.15) is 35.6 Å². The number of benzene rings is 1. The predicted octanol–water partition coefficient (Wildman–Crippen LogP) is 4.82. The SMILES string of the molecule is C=C[C@H]1C[C@]1(NC(=O)[C@@H]1C[C@@H]2CN1C(=O)[C@H](C1CCCC1)NC(=O)O[C@@H]1C[C@H]1CCCCCc1c(nc3ccccc3c1OCCCN1CCCC1=O)O2)C(=O)NS(=O)(=O)C1(C)CC1. The Morgan fingerprint density at radius 1 is 1.00 bits per heavy atom. The fraction of sp³-hybridized carbons (Fsp3) is 0.660. The van der Waals surface area contributed by atoms with E-state index in [4.69, 9.17) is 19.2 Å². The Bertz CT molecular complexity index is 2300. The number of nitrogens with zero attached hydrogens (tertiary/aromatic N) is 3. The summed E-state index contributed by atoms with van der Waals surface area (Å²) in [4.78, 5) is 77.8. The maximum absolute atomic E-state index is 15.0. The standard InChI is InChI=1S/C47H62N6O10S/c1-3-31-27-47(31,44(57)51-64(59,60)46(2)20-21-46)50-41(55)36-26-32-28-53(36)43(56)39(29-13-7-8-14-29)49-45(58)63-37-25-30(37)15-5-4-6-17-34-40(61-24-12-23-52-22-11-19-38(52)54)33-16-9-10-18-35(33)48-42(34)62-32/h3,9-10,16,18,29-32,36-37,39H,1,4-8,11-15,17,19-28H2,2H3,(H,49,58)(H,50,55)(H,51,57)/t30-,31+,32-,36+,37-,39+,47-/m1/s1. The molecule has 9 rings (SSSR count). The lowest BCUT2D eigenvalue weighted by molar-refractivity contribution is -0.142. The van der Waals surface area contributed by atoms with Gasteiger partial charge in [0, 0.05) is 37.2 Å². The molecule has 17 heteroatoms. The first kappa shape index (κ1) is 44.3. The van der Waals surface area contributed by atoms with Crippen LogP contribution < -0.4 is 24.8 Å². The highest BCUT2D eigenvalue weighted by Gasteiger charge is 2.63. The van der Waals surface area contributed by atoms with E-state index in [1.54, 1.807) is 6.92 Å². The molecule has 0 spiro atoms. The Balaban J connectivity index is 1.04. The van der Waals surface area contributed by atoms with Crippen LogP contribution in [0, 0.1) is 17.8 Å². The summed E-state index contributed by atoms with van der Waals surface area (Å²) in [5.41, 5.74) is -0.129. The average molecular weight is 903 g/mol. The Morgan fingerprint density at radius 3 is 2.50 bits per heavy atom. The van der Waals surface area contributed by atoms with Crippen LogP contribution in [-0.4, -0.2) is 114 Å². The number of amides is 5. The molecule has 2 bridgehead atoms. The summed E-state index contributed by atoms with van der Waals surface area (Å²) in [6, 6.07) is 5.60. The monoisotopic (exact) mass is 902 g/mol. The van der Waals surface area contributed by atoms with Gasteiger partial charge in [-0.25, -0.2) is 18.2 Å². The normalized spacial score (nSPS) is 30.5. The van der Waals surface area contributed by atoms with Crippen LogP contribution in [0.1, 0.15) is 115 Å². The molecular weight excluding hydrogens is 841 g/mol. The molecule has 7 atom stereocenters. The van der Waals surface area contributed by atoms with Crippen LogP contribution in [0.4, 0.5) is 4.79 Å². The molecular formula is C47H62N6O10S. The number of para-hydroxylation sites is 1. The Morgan fingerprint density at radius 2 is 1.77 bits per heavy atom. The van der Waals surface area contributed by atoms with Crippen LogP contribution in [0.3, 0.4) is 0 Å². The van der Waals surface area contributed by atoms with Gasteiger partial charge in [-0.05, 0) is 102 Å². The first-order valence-electron chi connectivity index (χ1n) is 23.6. The maximum Gasteiger partial charge on any atom is 0.408 e. The smallest absolute Gasteiger partial charge is 0.408 e. The number of hydrogen-bond acceptors (Lipinski definition) is 11. The molecule has 3 N–H and O–H groups in total. The molecule has 5 amide bonds. The molecule has 0 radical (unpaired) electrons. The van der Waals surface area contributed by atoms with Gasteiger partial charge in [0.05, 0.1) is 29.0 Å². The van der Waals surface area contributed by atoms with Crippen LogP contribution in [-0.2, 0) is 40.4 Å². The quantitative estimate of drug-likeness (QED) is 0.195. The molecule has 2 aromatic rings. The number of sulfonamides is 1. The number of carbonyl (C=O) groups excluding carboxylic acids is 5. The minimum absolute atomic E-state index is 0.0214. The average Bonchev–Trinajstić information content (AvgIpc) is 4.18. The second-order valence-electron chi connectivity index (χ2n) is 19.5. The van der Waals surface area contributed by atoms with Gasteiger partial charge in [0.25, 0.3) is 5.91 Å². The lowest BCUT2D eigenvalue weighted by Crippen LogP contribution is -2.59. The van der Waals surface area contributed by atoms with Crippen molar-refractivity contribution >= 4 is 50.6 Å². The summed E-state index contributed by atoms with van der Waals surface area (Å²) in [6.45, 7) is 7.14. The largest absolute Gasteiger partial charge is 0.492 e. The Hall–Kier alpha value is -4.93. The van der Waals surface area contributed by atoms with Crippen molar-refractivity contribution in [3.05, 3.63) is 42.5 Å². The molecule has 64 heavy (non-hydrogen) atoms. The number of rotatable bonds is 12. The second-order valence-corrected chi connectivity index (χ2v) is 21.7. The minimum atomic E-state index is -4.02. The van der Waals surface area contributed by atoms with Gasteiger partial charge < -0.3 is 34.6 Å². The highest BCUT2D eigenvalue weighted by molar-refractivity contribution is 7.91. The zero-order chi connectivity index (χ0) is 44.8. The number of hydrogen-bond donors (Lipinski definition) is 3. The summed E-state index contributed by atoms with van der Waals surface area (Å²) in [7, 11) is -4.02. The van der Waals surface area contributed by atoms with Crippen molar-refractivity contribution in [2.75, 3.05) is 26.2 Å². The molecule has 16 nitrogen and oxygen atoms in total. The van der Waals surface area contributed by atoms with Gasteiger partial charge in [0.15, 0.2) is 0 Å². The number of ether oxygens (including phenoxy) is 3. The van der Waals surface area contributed by atoms with Crippen molar-refractivity contribution in [2.24, 2.45) is 17.8 Å². The minimum Gasteiger partial charge on any atom is -0.492 e. The van der Waals surface area contributed by atoms with Crippen LogP contribution >= 0.6 is 0 Å². The number of aromatic nitrogens is 1. The third-order valence-electron chi connectivity index (χ3n) is 14.9. The molecule has 3 aliphatic heterocycles. The van der Waals surface area contributed by atoms with Crippen molar-refractivity contribution < 1.29 is 46.6 Å². The summed E-state index contributed by atoms with van der Waals surface area (Å²) >= 11 is 0. The van der Waals surface area contributed by atoms with E-state index in [0.717, 1.165) is 68.9 Å². The molecule has 346 valence electrons. The van der Waals surface area contributed by atoms with E-state index in [-0.39, 0.29) is 43.2 Å². The number of fused-ring (bicyclic) bond motifs is 5. The molecule has 4 saturated carbocycles.